The van der Waals surface area contributed by atoms with Crippen LogP contribution in [0.15, 0.2) is 5.16 Å². The van der Waals surface area contributed by atoms with E-state index in [9.17, 15) is 8.42 Å². The molecule has 1 aliphatic heterocycles. The molecule has 0 spiro atoms. The van der Waals surface area contributed by atoms with Gasteiger partial charge in [0.1, 0.15) is 5.84 Å². The molecule has 20 heavy (non-hydrogen) atoms. The van der Waals surface area contributed by atoms with Crippen molar-refractivity contribution < 1.29 is 13.6 Å². The highest BCUT2D eigenvalue weighted by molar-refractivity contribution is 7.91. The molecule has 0 bridgehead atoms. The van der Waals surface area contributed by atoms with Crippen LogP contribution in [0.3, 0.4) is 0 Å². The largest absolute Gasteiger partial charge is 0.409 e. The van der Waals surface area contributed by atoms with Crippen molar-refractivity contribution in [1.29, 1.82) is 0 Å². The third kappa shape index (κ3) is 4.94. The highest BCUT2D eigenvalue weighted by atomic mass is 32.2. The van der Waals surface area contributed by atoms with Gasteiger partial charge in [0.25, 0.3) is 0 Å². The Balaban J connectivity index is 2.28. The van der Waals surface area contributed by atoms with Crippen molar-refractivity contribution in [2.45, 2.75) is 45.6 Å². The maximum absolute atomic E-state index is 11.4. The average Bonchev–Trinajstić information content (AvgIpc) is 2.73. The first-order valence-electron chi connectivity index (χ1n) is 7.06. The lowest BCUT2D eigenvalue weighted by Gasteiger charge is -2.25. The quantitative estimate of drug-likeness (QED) is 0.241. The number of nitrogens with zero attached hydrogens (tertiary/aromatic N) is 2. The molecular formula is C13H27N3O3S. The molecule has 1 atom stereocenters. The van der Waals surface area contributed by atoms with E-state index in [1.807, 2.05) is 20.9 Å². The minimum Gasteiger partial charge on any atom is -0.409 e. The summed E-state index contributed by atoms with van der Waals surface area (Å²) in [6, 6.07) is 0.164. The van der Waals surface area contributed by atoms with Gasteiger partial charge in [0.05, 0.1) is 11.5 Å². The zero-order valence-electron chi connectivity index (χ0n) is 12.7. The fourth-order valence-corrected chi connectivity index (χ4v) is 4.30. The molecule has 0 amide bonds. The lowest BCUT2D eigenvalue weighted by molar-refractivity contribution is 0.251. The first kappa shape index (κ1) is 17.2. The van der Waals surface area contributed by atoms with E-state index in [4.69, 9.17) is 10.9 Å². The summed E-state index contributed by atoms with van der Waals surface area (Å²) in [4.78, 5) is 2.14. The minimum atomic E-state index is -2.81. The molecule has 118 valence electrons. The summed E-state index contributed by atoms with van der Waals surface area (Å²) in [7, 11) is -0.824. The van der Waals surface area contributed by atoms with Crippen LogP contribution in [0.2, 0.25) is 0 Å². The van der Waals surface area contributed by atoms with Crippen molar-refractivity contribution in [3.63, 3.8) is 0 Å². The van der Waals surface area contributed by atoms with Gasteiger partial charge in [-0.15, -0.1) is 0 Å². The van der Waals surface area contributed by atoms with Gasteiger partial charge in [-0.05, 0) is 32.9 Å². The molecule has 0 aromatic rings. The second kappa shape index (κ2) is 6.76. The molecule has 0 radical (unpaired) electrons. The zero-order chi connectivity index (χ0) is 15.4. The summed E-state index contributed by atoms with van der Waals surface area (Å²) in [5.41, 5.74) is 5.34. The number of oxime groups is 1. The second-order valence-electron chi connectivity index (χ2n) is 6.36. The molecule has 1 saturated heterocycles. The first-order valence-corrected chi connectivity index (χ1v) is 8.89. The van der Waals surface area contributed by atoms with E-state index in [2.05, 4.69) is 10.1 Å². The Labute approximate surface area is 121 Å². The monoisotopic (exact) mass is 305 g/mol. The van der Waals surface area contributed by atoms with Gasteiger partial charge in [0.2, 0.25) is 0 Å². The molecule has 1 aliphatic rings. The molecule has 7 heteroatoms. The van der Waals surface area contributed by atoms with Crippen LogP contribution in [0, 0.1) is 5.41 Å². The maximum atomic E-state index is 11.4. The first-order chi connectivity index (χ1) is 9.18. The Hall–Kier alpha value is -0.820. The molecule has 1 fully saturated rings. The molecule has 0 aromatic carbocycles. The molecular weight excluding hydrogens is 278 g/mol. The van der Waals surface area contributed by atoms with Gasteiger partial charge in [-0.2, -0.15) is 0 Å². The number of sulfone groups is 1. The molecule has 1 unspecified atom stereocenters. The highest BCUT2D eigenvalue weighted by Crippen LogP contribution is 2.24. The van der Waals surface area contributed by atoms with Crippen LogP contribution in [0.5, 0.6) is 0 Å². The van der Waals surface area contributed by atoms with E-state index in [1.54, 1.807) is 0 Å². The Morgan fingerprint density at radius 1 is 1.45 bits per heavy atom. The average molecular weight is 305 g/mol. The molecule has 0 aliphatic carbocycles. The topological polar surface area (TPSA) is 96.0 Å². The van der Waals surface area contributed by atoms with Crippen LogP contribution >= 0.6 is 0 Å². The van der Waals surface area contributed by atoms with Crippen molar-refractivity contribution in [1.82, 2.24) is 4.90 Å². The third-order valence-electron chi connectivity index (χ3n) is 4.20. The Morgan fingerprint density at radius 3 is 2.60 bits per heavy atom. The van der Waals surface area contributed by atoms with Crippen molar-refractivity contribution in [2.24, 2.45) is 16.3 Å². The SMILES string of the molecule is CN(CCCCC(C)(C)C(N)=NO)C1CCS(=O)(=O)C1. The molecule has 1 heterocycles. The maximum Gasteiger partial charge on any atom is 0.151 e. The molecule has 3 N–H and O–H groups in total. The van der Waals surface area contributed by atoms with Crippen LogP contribution in [0.1, 0.15) is 39.5 Å². The van der Waals surface area contributed by atoms with Crippen molar-refractivity contribution in [2.75, 3.05) is 25.1 Å². The predicted molar refractivity (Wildman–Crippen MR) is 80.7 cm³/mol. The summed E-state index contributed by atoms with van der Waals surface area (Å²) >= 11 is 0. The van der Waals surface area contributed by atoms with Crippen molar-refractivity contribution in [3.05, 3.63) is 0 Å². The van der Waals surface area contributed by atoms with E-state index in [0.29, 0.717) is 11.5 Å². The van der Waals surface area contributed by atoms with Gasteiger partial charge < -0.3 is 15.8 Å². The van der Waals surface area contributed by atoms with E-state index in [0.717, 1.165) is 32.2 Å². The fraction of sp³-hybridized carbons (Fsp3) is 0.923. The van der Waals surface area contributed by atoms with Gasteiger partial charge in [-0.1, -0.05) is 25.4 Å². The van der Waals surface area contributed by atoms with Gasteiger partial charge in [-0.25, -0.2) is 8.42 Å². The molecule has 6 nitrogen and oxygen atoms in total. The number of hydrogen-bond acceptors (Lipinski definition) is 5. The normalized spacial score (nSPS) is 23.4. The van der Waals surface area contributed by atoms with Crippen LogP contribution < -0.4 is 5.73 Å². The minimum absolute atomic E-state index is 0.164. The molecule has 1 rings (SSSR count). The standard InChI is InChI=1S/C13H27N3O3S/c1-13(2,12(14)15-17)7-4-5-8-16(3)11-6-9-20(18,19)10-11/h11,17H,4-10H2,1-3H3,(H2,14,15). The lowest BCUT2D eigenvalue weighted by Crippen LogP contribution is -2.34. The zero-order valence-corrected chi connectivity index (χ0v) is 13.5. The van der Waals surface area contributed by atoms with E-state index in [-0.39, 0.29) is 17.3 Å². The summed E-state index contributed by atoms with van der Waals surface area (Å²) in [5.74, 6) is 0.866. The summed E-state index contributed by atoms with van der Waals surface area (Å²) < 4.78 is 22.9. The number of amidine groups is 1. The van der Waals surface area contributed by atoms with Gasteiger partial charge in [0.15, 0.2) is 9.84 Å². The predicted octanol–water partition coefficient (Wildman–Crippen LogP) is 1.05. The number of nitrogens with two attached hydrogens (primary N) is 1. The molecule has 0 saturated carbocycles. The van der Waals surface area contributed by atoms with Crippen molar-refractivity contribution in [3.8, 4) is 0 Å². The smallest absolute Gasteiger partial charge is 0.151 e. The van der Waals surface area contributed by atoms with Crippen LogP contribution in [-0.2, 0) is 9.84 Å². The number of unbranched alkanes of at least 4 members (excludes halogenated alkanes) is 1. The van der Waals surface area contributed by atoms with Crippen molar-refractivity contribution >= 4 is 15.7 Å². The van der Waals surface area contributed by atoms with Gasteiger partial charge in [-0.3, -0.25) is 0 Å². The second-order valence-corrected chi connectivity index (χ2v) is 8.59. The summed E-state index contributed by atoms with van der Waals surface area (Å²) in [6.45, 7) is 4.79. The molecule has 0 aromatic heterocycles. The lowest BCUT2D eigenvalue weighted by atomic mass is 9.86. The van der Waals surface area contributed by atoms with E-state index in [1.165, 1.54) is 0 Å². The highest BCUT2D eigenvalue weighted by Gasteiger charge is 2.30. The van der Waals surface area contributed by atoms with Crippen LogP contribution in [-0.4, -0.2) is 55.5 Å². The Bertz CT molecular complexity index is 446. The van der Waals surface area contributed by atoms with Gasteiger partial charge >= 0.3 is 0 Å². The Morgan fingerprint density at radius 2 is 2.10 bits per heavy atom. The van der Waals surface area contributed by atoms with Crippen LogP contribution in [0.4, 0.5) is 0 Å². The Kier molecular flexibility index (Phi) is 5.82. The number of hydrogen-bond donors (Lipinski definition) is 2. The summed E-state index contributed by atoms with van der Waals surface area (Å²) in [5, 5.41) is 11.8. The number of rotatable bonds is 7. The van der Waals surface area contributed by atoms with E-state index < -0.39 is 9.84 Å². The fourth-order valence-electron chi connectivity index (χ4n) is 2.50. The van der Waals surface area contributed by atoms with Crippen LogP contribution in [0.25, 0.3) is 0 Å². The van der Waals surface area contributed by atoms with E-state index >= 15 is 0 Å². The summed E-state index contributed by atoms with van der Waals surface area (Å²) in [6.07, 6.45) is 3.54. The third-order valence-corrected chi connectivity index (χ3v) is 5.95. The van der Waals surface area contributed by atoms with Gasteiger partial charge in [0, 0.05) is 11.5 Å².